The maximum absolute atomic E-state index is 6.00. The predicted octanol–water partition coefficient (Wildman–Crippen LogP) is 3.16. The standard InChI is InChI=1S/C16H14N2O/c1-2-6-13-12(4-1)5-3-7-14(13)16-15-10-17-11-18(15)8-9-19-16/h1-7,10-11,16H,8-9H2. The van der Waals surface area contributed by atoms with Crippen molar-refractivity contribution in [2.24, 2.45) is 0 Å². The van der Waals surface area contributed by atoms with Crippen molar-refractivity contribution in [3.05, 3.63) is 66.2 Å². The van der Waals surface area contributed by atoms with Gasteiger partial charge in [-0.3, -0.25) is 0 Å². The van der Waals surface area contributed by atoms with Crippen LogP contribution in [0.4, 0.5) is 0 Å². The van der Waals surface area contributed by atoms with E-state index in [1.165, 1.54) is 16.3 Å². The van der Waals surface area contributed by atoms with Crippen LogP contribution >= 0.6 is 0 Å². The van der Waals surface area contributed by atoms with Gasteiger partial charge in [0.2, 0.25) is 0 Å². The van der Waals surface area contributed by atoms with Gasteiger partial charge in [-0.05, 0) is 16.3 Å². The maximum atomic E-state index is 6.00. The van der Waals surface area contributed by atoms with Crippen LogP contribution in [0, 0.1) is 0 Å². The largest absolute Gasteiger partial charge is 0.365 e. The van der Waals surface area contributed by atoms with Crippen molar-refractivity contribution >= 4 is 10.8 Å². The van der Waals surface area contributed by atoms with E-state index in [0.717, 1.165) is 18.8 Å². The fourth-order valence-corrected chi connectivity index (χ4v) is 2.82. The van der Waals surface area contributed by atoms with E-state index in [1.807, 2.05) is 12.5 Å². The summed E-state index contributed by atoms with van der Waals surface area (Å²) in [4.78, 5) is 4.24. The first kappa shape index (κ1) is 10.8. The van der Waals surface area contributed by atoms with Gasteiger partial charge >= 0.3 is 0 Å². The smallest absolute Gasteiger partial charge is 0.125 e. The third-order valence-corrected chi connectivity index (χ3v) is 3.74. The van der Waals surface area contributed by atoms with Gasteiger partial charge < -0.3 is 9.30 Å². The van der Waals surface area contributed by atoms with Crippen molar-refractivity contribution in [2.75, 3.05) is 6.61 Å². The summed E-state index contributed by atoms with van der Waals surface area (Å²) in [5.41, 5.74) is 2.36. The molecule has 0 spiro atoms. The third kappa shape index (κ3) is 1.66. The first-order valence-electron chi connectivity index (χ1n) is 6.53. The molecule has 0 fully saturated rings. The van der Waals surface area contributed by atoms with Crippen molar-refractivity contribution < 1.29 is 4.74 Å². The summed E-state index contributed by atoms with van der Waals surface area (Å²) in [5.74, 6) is 0. The average Bonchev–Trinajstić information content (AvgIpc) is 2.95. The van der Waals surface area contributed by atoms with Crippen LogP contribution in [-0.2, 0) is 11.3 Å². The van der Waals surface area contributed by atoms with E-state index in [-0.39, 0.29) is 6.10 Å². The van der Waals surface area contributed by atoms with Crippen LogP contribution in [0.1, 0.15) is 17.4 Å². The van der Waals surface area contributed by atoms with Crippen LogP contribution < -0.4 is 0 Å². The Bertz CT molecular complexity index is 727. The van der Waals surface area contributed by atoms with Crippen LogP contribution in [0.2, 0.25) is 0 Å². The van der Waals surface area contributed by atoms with Crippen molar-refractivity contribution in [1.29, 1.82) is 0 Å². The highest BCUT2D eigenvalue weighted by Crippen LogP contribution is 2.33. The highest BCUT2D eigenvalue weighted by atomic mass is 16.5. The van der Waals surface area contributed by atoms with E-state index in [9.17, 15) is 0 Å². The fraction of sp³-hybridized carbons (Fsp3) is 0.188. The lowest BCUT2D eigenvalue weighted by Crippen LogP contribution is -2.21. The average molecular weight is 250 g/mol. The van der Waals surface area contributed by atoms with E-state index >= 15 is 0 Å². The summed E-state index contributed by atoms with van der Waals surface area (Å²) in [6.45, 7) is 1.62. The number of benzene rings is 2. The Morgan fingerprint density at radius 3 is 3.00 bits per heavy atom. The third-order valence-electron chi connectivity index (χ3n) is 3.74. The molecule has 0 saturated carbocycles. The molecule has 0 aliphatic carbocycles. The van der Waals surface area contributed by atoms with Gasteiger partial charge in [0, 0.05) is 6.54 Å². The first-order chi connectivity index (χ1) is 9.43. The second-order valence-electron chi connectivity index (χ2n) is 4.83. The molecule has 19 heavy (non-hydrogen) atoms. The predicted molar refractivity (Wildman–Crippen MR) is 74.0 cm³/mol. The van der Waals surface area contributed by atoms with Gasteiger partial charge in [-0.25, -0.2) is 4.98 Å². The summed E-state index contributed by atoms with van der Waals surface area (Å²) in [5, 5.41) is 2.50. The summed E-state index contributed by atoms with van der Waals surface area (Å²) in [6, 6.07) is 14.8. The zero-order chi connectivity index (χ0) is 12.7. The molecule has 0 radical (unpaired) electrons. The van der Waals surface area contributed by atoms with E-state index in [1.54, 1.807) is 0 Å². The molecule has 0 bridgehead atoms. The summed E-state index contributed by atoms with van der Waals surface area (Å²) in [6.07, 6.45) is 3.78. The van der Waals surface area contributed by atoms with Gasteiger partial charge in [0.1, 0.15) is 6.10 Å². The number of hydrogen-bond donors (Lipinski definition) is 0. The second-order valence-corrected chi connectivity index (χ2v) is 4.83. The minimum Gasteiger partial charge on any atom is -0.365 e. The minimum absolute atomic E-state index is 0.0117. The fourth-order valence-electron chi connectivity index (χ4n) is 2.82. The SMILES string of the molecule is c1ccc2c(C3OCCn4cncc43)cccc2c1. The van der Waals surface area contributed by atoms with E-state index in [4.69, 9.17) is 4.74 Å². The lowest BCUT2D eigenvalue weighted by molar-refractivity contribution is 0.0473. The lowest BCUT2D eigenvalue weighted by Gasteiger charge is -2.26. The first-order valence-corrected chi connectivity index (χ1v) is 6.53. The zero-order valence-electron chi connectivity index (χ0n) is 10.5. The summed E-state index contributed by atoms with van der Waals surface area (Å²) >= 11 is 0. The summed E-state index contributed by atoms with van der Waals surface area (Å²) < 4.78 is 8.17. The van der Waals surface area contributed by atoms with Crippen molar-refractivity contribution in [3.8, 4) is 0 Å². The monoisotopic (exact) mass is 250 g/mol. The molecule has 1 atom stereocenters. The molecule has 2 heterocycles. The van der Waals surface area contributed by atoms with E-state index < -0.39 is 0 Å². The minimum atomic E-state index is -0.0117. The second kappa shape index (κ2) is 4.21. The number of hydrogen-bond acceptors (Lipinski definition) is 2. The molecule has 94 valence electrons. The van der Waals surface area contributed by atoms with Gasteiger partial charge in [0.15, 0.2) is 0 Å². The van der Waals surface area contributed by atoms with Crippen molar-refractivity contribution in [1.82, 2.24) is 9.55 Å². The molecule has 0 saturated heterocycles. The Morgan fingerprint density at radius 2 is 2.00 bits per heavy atom. The van der Waals surface area contributed by atoms with Crippen LogP contribution in [0.3, 0.4) is 0 Å². The van der Waals surface area contributed by atoms with Crippen molar-refractivity contribution in [3.63, 3.8) is 0 Å². The molecule has 3 aromatic rings. The molecule has 2 aromatic carbocycles. The van der Waals surface area contributed by atoms with E-state index in [2.05, 4.69) is 52.0 Å². The molecule has 0 amide bonds. The highest BCUT2D eigenvalue weighted by Gasteiger charge is 2.24. The number of aromatic nitrogens is 2. The molecule has 1 aliphatic heterocycles. The Balaban J connectivity index is 1.93. The maximum Gasteiger partial charge on any atom is 0.125 e. The number of fused-ring (bicyclic) bond motifs is 2. The van der Waals surface area contributed by atoms with Gasteiger partial charge in [-0.15, -0.1) is 0 Å². The molecule has 1 unspecified atom stereocenters. The molecule has 3 nitrogen and oxygen atoms in total. The number of rotatable bonds is 1. The highest BCUT2D eigenvalue weighted by molar-refractivity contribution is 5.86. The quantitative estimate of drug-likeness (QED) is 0.663. The Morgan fingerprint density at radius 1 is 1.11 bits per heavy atom. The number of ether oxygens (including phenoxy) is 1. The number of imidazole rings is 1. The van der Waals surface area contributed by atoms with Crippen LogP contribution in [0.15, 0.2) is 55.0 Å². The normalized spacial score (nSPS) is 18.4. The van der Waals surface area contributed by atoms with Gasteiger partial charge in [0.25, 0.3) is 0 Å². The number of nitrogens with zero attached hydrogens (tertiary/aromatic N) is 2. The topological polar surface area (TPSA) is 27.1 Å². The van der Waals surface area contributed by atoms with Crippen LogP contribution in [-0.4, -0.2) is 16.2 Å². The molecular formula is C16H14N2O. The Hall–Kier alpha value is -2.13. The molecule has 4 rings (SSSR count). The molecule has 1 aromatic heterocycles. The van der Waals surface area contributed by atoms with E-state index in [0.29, 0.717) is 0 Å². The zero-order valence-corrected chi connectivity index (χ0v) is 10.5. The van der Waals surface area contributed by atoms with Crippen LogP contribution in [0.25, 0.3) is 10.8 Å². The van der Waals surface area contributed by atoms with Crippen LogP contribution in [0.5, 0.6) is 0 Å². The van der Waals surface area contributed by atoms with Gasteiger partial charge in [0.05, 0.1) is 24.8 Å². The Kier molecular flexibility index (Phi) is 2.38. The molecule has 1 aliphatic rings. The molecule has 0 N–H and O–H groups in total. The Labute approximate surface area is 111 Å². The van der Waals surface area contributed by atoms with Gasteiger partial charge in [-0.2, -0.15) is 0 Å². The summed E-state index contributed by atoms with van der Waals surface area (Å²) in [7, 11) is 0. The van der Waals surface area contributed by atoms with Crippen molar-refractivity contribution in [2.45, 2.75) is 12.6 Å². The lowest BCUT2D eigenvalue weighted by atomic mass is 9.98. The molecular weight excluding hydrogens is 236 g/mol. The van der Waals surface area contributed by atoms with Gasteiger partial charge in [-0.1, -0.05) is 42.5 Å². The molecule has 3 heteroatoms.